The van der Waals surface area contributed by atoms with E-state index in [0.717, 1.165) is 16.9 Å². The maximum absolute atomic E-state index is 11.8. The number of ether oxygens (including phenoxy) is 1. The summed E-state index contributed by atoms with van der Waals surface area (Å²) < 4.78 is 6.34. The number of benzene rings is 1. The van der Waals surface area contributed by atoms with Crippen molar-refractivity contribution in [2.24, 2.45) is 0 Å². The van der Waals surface area contributed by atoms with Gasteiger partial charge in [0.1, 0.15) is 5.00 Å². The van der Waals surface area contributed by atoms with Gasteiger partial charge in [-0.2, -0.15) is 5.10 Å². The van der Waals surface area contributed by atoms with Crippen LogP contribution in [0.4, 0.5) is 0 Å². The smallest absolute Gasteiger partial charge is 0.351 e. The molecule has 6 heteroatoms. The Morgan fingerprint density at radius 2 is 2.05 bits per heavy atom. The molecule has 3 rings (SSSR count). The van der Waals surface area contributed by atoms with Gasteiger partial charge in [-0.25, -0.2) is 9.48 Å². The van der Waals surface area contributed by atoms with Gasteiger partial charge >= 0.3 is 5.97 Å². The highest BCUT2D eigenvalue weighted by molar-refractivity contribution is 7.17. The fraction of sp³-hybridized carbons (Fsp3) is 0.0667. The number of carbonyl (C=O) groups is 1. The number of hydrogen-bond acceptors (Lipinski definition) is 5. The minimum atomic E-state index is -0.562. The summed E-state index contributed by atoms with van der Waals surface area (Å²) in [5.74, 6) is -0.642. The van der Waals surface area contributed by atoms with Crippen LogP contribution in [-0.2, 0) is 4.74 Å². The lowest BCUT2D eigenvalue weighted by Gasteiger charge is -2.04. The molecular weight excluding hydrogens is 288 g/mol. The van der Waals surface area contributed by atoms with Gasteiger partial charge in [0.15, 0.2) is 10.6 Å². The molecule has 1 aromatic carbocycles. The molecule has 0 atom stereocenters. The van der Waals surface area contributed by atoms with Crippen LogP contribution >= 0.6 is 11.3 Å². The van der Waals surface area contributed by atoms with Gasteiger partial charge in [-0.3, -0.25) is 0 Å². The van der Waals surface area contributed by atoms with Gasteiger partial charge in [0.2, 0.25) is 0 Å². The minimum Gasteiger partial charge on any atom is -0.505 e. The first kappa shape index (κ1) is 13.4. The fourth-order valence-corrected chi connectivity index (χ4v) is 3.13. The van der Waals surface area contributed by atoms with E-state index in [1.165, 1.54) is 7.11 Å². The van der Waals surface area contributed by atoms with Crippen molar-refractivity contribution in [3.05, 3.63) is 53.7 Å². The van der Waals surface area contributed by atoms with Gasteiger partial charge in [0.25, 0.3) is 0 Å². The molecule has 0 saturated heterocycles. The summed E-state index contributed by atoms with van der Waals surface area (Å²) in [5.41, 5.74) is 1.39. The van der Waals surface area contributed by atoms with E-state index in [1.807, 2.05) is 30.3 Å². The van der Waals surface area contributed by atoms with Crippen LogP contribution in [0.3, 0.4) is 0 Å². The molecule has 1 N–H and O–H groups in total. The quantitative estimate of drug-likeness (QED) is 0.755. The van der Waals surface area contributed by atoms with Crippen molar-refractivity contribution in [2.75, 3.05) is 7.11 Å². The van der Waals surface area contributed by atoms with Crippen LogP contribution in [-0.4, -0.2) is 28.0 Å². The van der Waals surface area contributed by atoms with Crippen molar-refractivity contribution in [3.63, 3.8) is 0 Å². The Morgan fingerprint density at radius 3 is 2.67 bits per heavy atom. The first-order valence-electron chi connectivity index (χ1n) is 6.22. The van der Waals surface area contributed by atoms with Gasteiger partial charge in [-0.1, -0.05) is 30.3 Å². The highest BCUT2D eigenvalue weighted by Crippen LogP contribution is 2.44. The zero-order valence-electron chi connectivity index (χ0n) is 11.2. The van der Waals surface area contributed by atoms with Crippen LogP contribution < -0.4 is 0 Å². The standard InChI is InChI=1S/C15H12N2O3S/c1-20-15(19)13-12(18)11(10-6-3-2-4-7-10)14(21-13)17-9-5-8-16-17/h2-9,18H,1H3. The lowest BCUT2D eigenvalue weighted by Crippen LogP contribution is -1.97. The molecule has 2 heterocycles. The second-order valence-electron chi connectivity index (χ2n) is 4.27. The molecule has 3 aromatic rings. The van der Waals surface area contributed by atoms with Crippen LogP contribution in [0.5, 0.6) is 5.75 Å². The second-order valence-corrected chi connectivity index (χ2v) is 5.27. The Balaban J connectivity index is 2.26. The van der Waals surface area contributed by atoms with Crippen LogP contribution in [0.1, 0.15) is 9.67 Å². The molecule has 0 aliphatic rings. The summed E-state index contributed by atoms with van der Waals surface area (Å²) in [4.78, 5) is 12.0. The lowest BCUT2D eigenvalue weighted by molar-refractivity contribution is 0.0603. The van der Waals surface area contributed by atoms with E-state index in [0.29, 0.717) is 10.6 Å². The van der Waals surface area contributed by atoms with Crippen molar-refractivity contribution < 1.29 is 14.6 Å². The summed E-state index contributed by atoms with van der Waals surface area (Å²) in [7, 11) is 1.29. The number of hydrogen-bond donors (Lipinski definition) is 1. The van der Waals surface area contributed by atoms with Gasteiger partial charge < -0.3 is 9.84 Å². The number of nitrogens with zero attached hydrogens (tertiary/aromatic N) is 2. The summed E-state index contributed by atoms with van der Waals surface area (Å²) in [6.07, 6.45) is 3.40. The summed E-state index contributed by atoms with van der Waals surface area (Å²) in [6, 6.07) is 11.2. The van der Waals surface area contributed by atoms with E-state index >= 15 is 0 Å². The van der Waals surface area contributed by atoms with E-state index in [-0.39, 0.29) is 10.6 Å². The zero-order chi connectivity index (χ0) is 14.8. The molecule has 21 heavy (non-hydrogen) atoms. The Labute approximate surface area is 125 Å². The van der Waals surface area contributed by atoms with Crippen molar-refractivity contribution >= 4 is 17.3 Å². The molecule has 0 unspecified atom stereocenters. The first-order valence-corrected chi connectivity index (χ1v) is 7.03. The monoisotopic (exact) mass is 300 g/mol. The van der Waals surface area contributed by atoms with E-state index < -0.39 is 5.97 Å². The number of esters is 1. The fourth-order valence-electron chi connectivity index (χ4n) is 2.06. The lowest BCUT2D eigenvalue weighted by atomic mass is 10.1. The van der Waals surface area contributed by atoms with Crippen LogP contribution in [0.2, 0.25) is 0 Å². The zero-order valence-corrected chi connectivity index (χ0v) is 12.0. The molecule has 2 aromatic heterocycles. The van der Waals surface area contributed by atoms with Crippen molar-refractivity contribution in [1.82, 2.24) is 9.78 Å². The molecule has 0 radical (unpaired) electrons. The normalized spacial score (nSPS) is 10.5. The Morgan fingerprint density at radius 1 is 1.29 bits per heavy atom. The highest BCUT2D eigenvalue weighted by atomic mass is 32.1. The third-order valence-corrected chi connectivity index (χ3v) is 4.16. The van der Waals surface area contributed by atoms with Crippen LogP contribution in [0.15, 0.2) is 48.8 Å². The molecule has 0 aliphatic carbocycles. The molecule has 0 saturated carbocycles. The SMILES string of the molecule is COC(=O)c1sc(-n2cccn2)c(-c2ccccc2)c1O. The molecule has 0 bridgehead atoms. The average Bonchev–Trinajstić information content (AvgIpc) is 3.15. The third-order valence-electron chi connectivity index (χ3n) is 3.01. The maximum atomic E-state index is 11.8. The second kappa shape index (κ2) is 5.41. The van der Waals surface area contributed by atoms with Gasteiger partial charge in [0.05, 0.1) is 12.7 Å². The number of aromatic hydroxyl groups is 1. The number of carbonyl (C=O) groups excluding carboxylic acids is 1. The summed E-state index contributed by atoms with van der Waals surface area (Å²) >= 11 is 1.15. The molecule has 106 valence electrons. The maximum Gasteiger partial charge on any atom is 0.351 e. The molecule has 0 amide bonds. The largest absolute Gasteiger partial charge is 0.505 e. The number of rotatable bonds is 3. The van der Waals surface area contributed by atoms with Crippen molar-refractivity contribution in [3.8, 4) is 21.9 Å². The van der Waals surface area contributed by atoms with Crippen molar-refractivity contribution in [1.29, 1.82) is 0 Å². The van der Waals surface area contributed by atoms with Gasteiger partial charge in [-0.15, -0.1) is 11.3 Å². The molecular formula is C15H12N2O3S. The molecule has 0 aliphatic heterocycles. The van der Waals surface area contributed by atoms with E-state index in [9.17, 15) is 9.90 Å². The summed E-state index contributed by atoms with van der Waals surface area (Å²) in [6.45, 7) is 0. The number of thiophene rings is 1. The molecule has 0 spiro atoms. The van der Waals surface area contributed by atoms with Gasteiger partial charge in [-0.05, 0) is 11.6 Å². The van der Waals surface area contributed by atoms with Gasteiger partial charge in [0, 0.05) is 12.4 Å². The topological polar surface area (TPSA) is 64.4 Å². The van der Waals surface area contributed by atoms with Crippen molar-refractivity contribution in [2.45, 2.75) is 0 Å². The summed E-state index contributed by atoms with van der Waals surface area (Å²) in [5, 5.41) is 15.3. The van der Waals surface area contributed by atoms with Crippen LogP contribution in [0, 0.1) is 0 Å². The average molecular weight is 300 g/mol. The molecule has 5 nitrogen and oxygen atoms in total. The number of aromatic nitrogens is 2. The Bertz CT molecular complexity index is 764. The van der Waals surface area contributed by atoms with Crippen LogP contribution in [0.25, 0.3) is 16.1 Å². The number of methoxy groups -OCH3 is 1. The third kappa shape index (κ3) is 2.30. The highest BCUT2D eigenvalue weighted by Gasteiger charge is 2.25. The predicted molar refractivity (Wildman–Crippen MR) is 79.9 cm³/mol. The van der Waals surface area contributed by atoms with E-state index in [4.69, 9.17) is 4.74 Å². The Hall–Kier alpha value is -2.60. The minimum absolute atomic E-state index is 0.0800. The van der Waals surface area contributed by atoms with E-state index in [2.05, 4.69) is 5.10 Å². The first-order chi connectivity index (χ1) is 10.2. The molecule has 0 fully saturated rings. The Kier molecular flexibility index (Phi) is 3.45. The van der Waals surface area contributed by atoms with E-state index in [1.54, 1.807) is 23.1 Å². The predicted octanol–water partition coefficient (Wildman–Crippen LogP) is 3.09.